The second kappa shape index (κ2) is 12.2. The Hall–Kier alpha value is -3.38. The van der Waals surface area contributed by atoms with Gasteiger partial charge in [0.1, 0.15) is 18.8 Å². The van der Waals surface area contributed by atoms with E-state index in [-0.39, 0.29) is 17.0 Å². The van der Waals surface area contributed by atoms with Gasteiger partial charge >= 0.3 is 5.97 Å². The van der Waals surface area contributed by atoms with Gasteiger partial charge in [0, 0.05) is 34.0 Å². The highest BCUT2D eigenvalue weighted by atomic mass is 35.5. The summed E-state index contributed by atoms with van der Waals surface area (Å²) in [7, 11) is 3.20. The lowest BCUT2D eigenvalue weighted by Gasteiger charge is -2.25. The Bertz CT molecular complexity index is 1310. The van der Waals surface area contributed by atoms with E-state index in [4.69, 9.17) is 36.3 Å². The quantitative estimate of drug-likeness (QED) is 0.0913. The van der Waals surface area contributed by atoms with Crippen molar-refractivity contribution in [3.05, 3.63) is 76.6 Å². The molecule has 0 amide bonds. The maximum Gasteiger partial charge on any atom is 0.313 e. The molecule has 0 aliphatic carbocycles. The molecule has 3 aromatic rings. The van der Waals surface area contributed by atoms with Crippen molar-refractivity contribution >= 4 is 34.5 Å². The molecule has 0 saturated heterocycles. The number of para-hydroxylation sites is 1. The van der Waals surface area contributed by atoms with Crippen molar-refractivity contribution < 1.29 is 29.5 Å². The summed E-state index contributed by atoms with van der Waals surface area (Å²) < 4.78 is 20.1. The minimum atomic E-state index is -1.01. The van der Waals surface area contributed by atoms with E-state index in [1.165, 1.54) is 0 Å². The van der Waals surface area contributed by atoms with Crippen LogP contribution in [0.4, 0.5) is 0 Å². The standard InChI is InChI=1S/C25H26ClN5O5S/c1-34-21-7-3-5-16(24(21)35-2)23-17-13-15(26)8-9-18(17)31-12-4-6-19(31)20(36-23)10-11-28-30-29-25(27)37-14-22(32)33/h3-9,12-13,20,23H,10-11,14H2,1-2H3,(H,32,33)(H2,27,28,29)/p+1/t20-,23-/m1/s1. The molecular formula is C25H27ClN5O5S+. The molecule has 2 aromatic carbocycles. The van der Waals surface area contributed by atoms with Crippen LogP contribution in [-0.2, 0) is 9.53 Å². The van der Waals surface area contributed by atoms with Gasteiger partial charge in [0.05, 0.1) is 31.4 Å². The first kappa shape index (κ1) is 26.7. The molecule has 0 radical (unpaired) electrons. The number of benzene rings is 2. The van der Waals surface area contributed by atoms with E-state index in [0.717, 1.165) is 34.3 Å². The molecule has 0 spiro atoms. The number of carbonyl (C=O) groups is 1. The lowest BCUT2D eigenvalue weighted by Crippen LogP contribution is -2.78. The lowest BCUT2D eigenvalue weighted by atomic mass is 9.98. The Morgan fingerprint density at radius 2 is 2.05 bits per heavy atom. The zero-order valence-corrected chi connectivity index (χ0v) is 21.8. The molecule has 37 heavy (non-hydrogen) atoms. The summed E-state index contributed by atoms with van der Waals surface area (Å²) in [6, 6.07) is 15.4. The molecule has 194 valence electrons. The molecule has 1 aliphatic heterocycles. The number of hydrogen-bond donors (Lipinski definition) is 3. The van der Waals surface area contributed by atoms with Crippen LogP contribution < -0.4 is 14.9 Å². The van der Waals surface area contributed by atoms with E-state index in [2.05, 4.69) is 14.9 Å². The topological polar surface area (TPSA) is 135 Å². The number of carboxylic acids is 1. The molecule has 10 nitrogen and oxygen atoms in total. The highest BCUT2D eigenvalue weighted by molar-refractivity contribution is 8.14. The Morgan fingerprint density at radius 3 is 2.81 bits per heavy atom. The number of aliphatic carboxylic acids is 1. The van der Waals surface area contributed by atoms with Gasteiger partial charge in [0.15, 0.2) is 11.5 Å². The van der Waals surface area contributed by atoms with Crippen molar-refractivity contribution in [1.29, 1.82) is 5.41 Å². The number of nitrogens with one attached hydrogen (secondary N) is 1. The van der Waals surface area contributed by atoms with Gasteiger partial charge in [0.25, 0.3) is 0 Å². The van der Waals surface area contributed by atoms with Gasteiger partial charge < -0.3 is 23.9 Å². The monoisotopic (exact) mass is 544 g/mol. The maximum atomic E-state index is 10.6. The van der Waals surface area contributed by atoms with Crippen LogP contribution in [0.1, 0.15) is 35.4 Å². The fourth-order valence-electron chi connectivity index (χ4n) is 4.25. The van der Waals surface area contributed by atoms with Crippen molar-refractivity contribution in [2.75, 3.05) is 26.5 Å². The van der Waals surface area contributed by atoms with Crippen LogP contribution in [0, 0.1) is 5.41 Å². The molecule has 4 N–H and O–H groups in total. The van der Waals surface area contributed by atoms with E-state index in [9.17, 15) is 4.79 Å². The molecule has 2 atom stereocenters. The van der Waals surface area contributed by atoms with Crippen molar-refractivity contribution in [3.8, 4) is 17.2 Å². The summed E-state index contributed by atoms with van der Waals surface area (Å²) >= 11 is 7.24. The zero-order valence-electron chi connectivity index (χ0n) is 20.3. The third kappa shape index (κ3) is 6.13. The fourth-order valence-corrected chi connectivity index (χ4v) is 4.79. The number of methoxy groups -OCH3 is 2. The Kier molecular flexibility index (Phi) is 8.82. The number of thioether (sulfide) groups is 1. The molecular weight excluding hydrogens is 518 g/mol. The summed E-state index contributed by atoms with van der Waals surface area (Å²) in [5, 5.41) is 24.5. The van der Waals surface area contributed by atoms with Crippen molar-refractivity contribution in [2.24, 2.45) is 10.3 Å². The maximum absolute atomic E-state index is 10.6. The van der Waals surface area contributed by atoms with Crippen LogP contribution in [-0.4, -0.2) is 47.3 Å². The minimum absolute atomic E-state index is 0.157. The number of carboxylic acid groups (broad SMARTS) is 1. The van der Waals surface area contributed by atoms with Gasteiger partial charge in [-0.25, -0.2) is 5.43 Å². The molecule has 0 bridgehead atoms. The van der Waals surface area contributed by atoms with Gasteiger partial charge in [-0.2, -0.15) is 0 Å². The van der Waals surface area contributed by atoms with E-state index in [1.807, 2.05) is 54.7 Å². The predicted octanol–water partition coefficient (Wildman–Crippen LogP) is 4.38. The molecule has 0 unspecified atom stereocenters. The van der Waals surface area contributed by atoms with E-state index in [1.54, 1.807) is 19.6 Å². The molecule has 4 rings (SSSR count). The number of aromatic nitrogens is 1. The highest BCUT2D eigenvalue weighted by Gasteiger charge is 2.33. The number of quaternary nitrogens is 1. The van der Waals surface area contributed by atoms with E-state index >= 15 is 0 Å². The van der Waals surface area contributed by atoms with Gasteiger partial charge in [-0.1, -0.05) is 40.6 Å². The zero-order chi connectivity index (χ0) is 26.4. The van der Waals surface area contributed by atoms with E-state index in [0.29, 0.717) is 29.5 Å². The smallest absolute Gasteiger partial charge is 0.313 e. The van der Waals surface area contributed by atoms with Crippen LogP contribution in [0.3, 0.4) is 0 Å². The van der Waals surface area contributed by atoms with Gasteiger partial charge in [-0.15, -0.1) is 0 Å². The second-order valence-electron chi connectivity index (χ2n) is 8.06. The Labute approximate surface area is 223 Å². The Morgan fingerprint density at radius 1 is 1.22 bits per heavy atom. The van der Waals surface area contributed by atoms with Gasteiger partial charge in [0.2, 0.25) is 5.17 Å². The van der Waals surface area contributed by atoms with Crippen LogP contribution in [0.5, 0.6) is 11.5 Å². The number of rotatable bonds is 9. The first-order chi connectivity index (χ1) is 17.9. The number of amidine groups is 1. The number of halogens is 1. The highest BCUT2D eigenvalue weighted by Crippen LogP contribution is 2.46. The van der Waals surface area contributed by atoms with Gasteiger partial charge in [-0.3, -0.25) is 10.2 Å². The molecule has 1 aromatic heterocycles. The predicted molar refractivity (Wildman–Crippen MR) is 140 cm³/mol. The molecule has 0 fully saturated rings. The molecule has 12 heteroatoms. The van der Waals surface area contributed by atoms with Crippen LogP contribution in [0.2, 0.25) is 5.02 Å². The number of nitrogens with two attached hydrogens (primary N) is 1. The van der Waals surface area contributed by atoms with Crippen LogP contribution in [0.25, 0.3) is 5.69 Å². The molecule has 2 heterocycles. The first-order valence-electron chi connectivity index (χ1n) is 11.4. The summed E-state index contributed by atoms with van der Waals surface area (Å²) in [4.78, 5) is 10.6. The summed E-state index contributed by atoms with van der Waals surface area (Å²) in [5.41, 5.74) is 5.24. The van der Waals surface area contributed by atoms with Crippen molar-refractivity contribution in [1.82, 2.24) is 4.57 Å². The van der Waals surface area contributed by atoms with Crippen LogP contribution >= 0.6 is 23.4 Å². The minimum Gasteiger partial charge on any atom is -0.493 e. The van der Waals surface area contributed by atoms with Crippen molar-refractivity contribution in [3.63, 3.8) is 0 Å². The average molecular weight is 545 g/mol. The number of nitrogens with zero attached hydrogens (tertiary/aromatic N) is 3. The molecule has 0 saturated carbocycles. The first-order valence-corrected chi connectivity index (χ1v) is 12.8. The third-order valence-corrected chi connectivity index (χ3v) is 6.76. The SMILES string of the molecule is COc1cccc([C@H]2O[C@H](CC[NH2+]/N=N\C(=N)SCC(=O)O)c3cccn3-c3ccc(Cl)cc32)c1OC. The third-order valence-electron chi connectivity index (χ3n) is 5.78. The average Bonchev–Trinajstić information content (AvgIpc) is 3.33. The summed E-state index contributed by atoms with van der Waals surface area (Å²) in [6.45, 7) is 0.523. The van der Waals surface area contributed by atoms with Crippen molar-refractivity contribution in [2.45, 2.75) is 18.6 Å². The summed E-state index contributed by atoms with van der Waals surface area (Å²) in [6.07, 6.45) is 1.78. The normalized spacial score (nSPS) is 16.6. The second-order valence-corrected chi connectivity index (χ2v) is 9.46. The fraction of sp³-hybridized carbons (Fsp3) is 0.280. The number of ether oxygens (including phenoxy) is 3. The largest absolute Gasteiger partial charge is 0.493 e. The molecule has 1 aliphatic rings. The number of hydrogen-bond acceptors (Lipinski definition) is 7. The summed E-state index contributed by atoms with van der Waals surface area (Å²) in [5.74, 6) is -0.0507. The Balaban J connectivity index is 1.62. The number of fused-ring (bicyclic) bond motifs is 3. The lowest BCUT2D eigenvalue weighted by molar-refractivity contribution is -0.669. The van der Waals surface area contributed by atoms with E-state index < -0.39 is 12.1 Å². The van der Waals surface area contributed by atoms with Gasteiger partial charge in [-0.05, 0) is 36.4 Å². The van der Waals surface area contributed by atoms with Crippen LogP contribution in [0.15, 0.2) is 65.1 Å².